The van der Waals surface area contributed by atoms with Gasteiger partial charge in [-0.2, -0.15) is 0 Å². The van der Waals surface area contributed by atoms with E-state index >= 15 is 0 Å². The van der Waals surface area contributed by atoms with Crippen LogP contribution in [-0.4, -0.2) is 41.2 Å². The number of aromatic nitrogens is 1. The van der Waals surface area contributed by atoms with Crippen molar-refractivity contribution in [2.75, 3.05) is 20.2 Å². The third-order valence-corrected chi connectivity index (χ3v) is 5.07. The SMILES string of the molecule is CN1CC(CO)CC2c3cccc4[nH]cc(c34)CC21. The highest BCUT2D eigenvalue weighted by Crippen LogP contribution is 2.44. The van der Waals surface area contributed by atoms with Gasteiger partial charge in [-0.3, -0.25) is 0 Å². The van der Waals surface area contributed by atoms with Crippen LogP contribution in [0, 0.1) is 5.92 Å². The van der Waals surface area contributed by atoms with Crippen LogP contribution in [0.25, 0.3) is 10.9 Å². The smallest absolute Gasteiger partial charge is 0.0471 e. The molecule has 2 aromatic rings. The lowest BCUT2D eigenvalue weighted by atomic mass is 9.72. The van der Waals surface area contributed by atoms with Gasteiger partial charge in [-0.1, -0.05) is 12.1 Å². The molecule has 3 heteroatoms. The van der Waals surface area contributed by atoms with Crippen LogP contribution in [0.2, 0.25) is 0 Å². The van der Waals surface area contributed by atoms with Gasteiger partial charge in [-0.25, -0.2) is 0 Å². The Morgan fingerprint density at radius 2 is 2.32 bits per heavy atom. The standard InChI is InChI=1S/C16H20N2O/c1-18-8-10(9-19)5-13-12-3-2-4-14-16(12)11(7-17-14)6-15(13)18/h2-4,7,10,13,15,17,19H,5-6,8-9H2,1H3. The molecule has 1 saturated heterocycles. The summed E-state index contributed by atoms with van der Waals surface area (Å²) in [6, 6.07) is 7.20. The Balaban J connectivity index is 1.86. The molecule has 100 valence electrons. The normalized spacial score (nSPS) is 30.5. The van der Waals surface area contributed by atoms with Crippen molar-refractivity contribution in [1.82, 2.24) is 9.88 Å². The van der Waals surface area contributed by atoms with E-state index in [0.717, 1.165) is 19.4 Å². The predicted molar refractivity (Wildman–Crippen MR) is 76.4 cm³/mol. The van der Waals surface area contributed by atoms with E-state index in [1.54, 1.807) is 0 Å². The van der Waals surface area contributed by atoms with E-state index in [9.17, 15) is 5.11 Å². The number of rotatable bonds is 1. The average molecular weight is 256 g/mol. The van der Waals surface area contributed by atoms with E-state index in [2.05, 4.69) is 41.3 Å². The molecule has 19 heavy (non-hydrogen) atoms. The second-order valence-corrected chi connectivity index (χ2v) is 6.19. The molecular formula is C16H20N2O. The first-order valence-corrected chi connectivity index (χ1v) is 7.18. The van der Waals surface area contributed by atoms with Gasteiger partial charge >= 0.3 is 0 Å². The summed E-state index contributed by atoms with van der Waals surface area (Å²) in [4.78, 5) is 5.85. The van der Waals surface area contributed by atoms with Gasteiger partial charge in [0, 0.05) is 42.2 Å². The molecule has 1 aliphatic carbocycles. The van der Waals surface area contributed by atoms with Crippen LogP contribution in [-0.2, 0) is 6.42 Å². The molecule has 2 aliphatic rings. The second-order valence-electron chi connectivity index (χ2n) is 6.19. The molecule has 3 unspecified atom stereocenters. The number of aliphatic hydroxyl groups is 1. The molecule has 0 spiro atoms. The van der Waals surface area contributed by atoms with Crippen LogP contribution in [0.5, 0.6) is 0 Å². The first-order valence-electron chi connectivity index (χ1n) is 7.18. The van der Waals surface area contributed by atoms with E-state index in [1.807, 2.05) is 0 Å². The zero-order valence-corrected chi connectivity index (χ0v) is 11.3. The van der Waals surface area contributed by atoms with Crippen molar-refractivity contribution < 1.29 is 5.11 Å². The van der Waals surface area contributed by atoms with E-state index in [0.29, 0.717) is 24.5 Å². The number of aromatic amines is 1. The lowest BCUT2D eigenvalue weighted by Gasteiger charge is -2.45. The molecule has 2 heterocycles. The van der Waals surface area contributed by atoms with Gasteiger partial charge in [-0.15, -0.1) is 0 Å². The fourth-order valence-corrected chi connectivity index (χ4v) is 4.19. The van der Waals surface area contributed by atoms with Crippen molar-refractivity contribution in [1.29, 1.82) is 0 Å². The molecule has 0 amide bonds. The monoisotopic (exact) mass is 256 g/mol. The first kappa shape index (κ1) is 11.5. The van der Waals surface area contributed by atoms with Crippen molar-refractivity contribution in [3.63, 3.8) is 0 Å². The number of H-pyrrole nitrogens is 1. The molecular weight excluding hydrogens is 236 g/mol. The summed E-state index contributed by atoms with van der Waals surface area (Å²) in [5.74, 6) is 0.991. The fourth-order valence-electron chi connectivity index (χ4n) is 4.19. The molecule has 3 nitrogen and oxygen atoms in total. The Kier molecular flexibility index (Phi) is 2.47. The Hall–Kier alpha value is -1.32. The topological polar surface area (TPSA) is 39.3 Å². The number of hydrogen-bond acceptors (Lipinski definition) is 2. The van der Waals surface area contributed by atoms with Crippen molar-refractivity contribution >= 4 is 10.9 Å². The van der Waals surface area contributed by atoms with Crippen molar-refractivity contribution in [3.8, 4) is 0 Å². The van der Waals surface area contributed by atoms with Gasteiger partial charge in [0.1, 0.15) is 0 Å². The summed E-state index contributed by atoms with van der Waals surface area (Å²) in [6.45, 7) is 1.33. The summed E-state index contributed by atoms with van der Waals surface area (Å²) in [7, 11) is 2.21. The maximum absolute atomic E-state index is 9.52. The predicted octanol–water partition coefficient (Wildman–Crippen LogP) is 2.12. The molecule has 1 aliphatic heterocycles. The maximum Gasteiger partial charge on any atom is 0.0471 e. The fraction of sp³-hybridized carbons (Fsp3) is 0.500. The molecule has 0 radical (unpaired) electrons. The van der Waals surface area contributed by atoms with Gasteiger partial charge in [-0.05, 0) is 43.0 Å². The van der Waals surface area contributed by atoms with Crippen LogP contribution in [0.1, 0.15) is 23.5 Å². The first-order chi connectivity index (χ1) is 9.28. The highest BCUT2D eigenvalue weighted by Gasteiger charge is 2.38. The highest BCUT2D eigenvalue weighted by molar-refractivity contribution is 5.88. The number of piperidine rings is 1. The molecule has 1 aromatic carbocycles. The van der Waals surface area contributed by atoms with Gasteiger partial charge in [0.15, 0.2) is 0 Å². The van der Waals surface area contributed by atoms with E-state index in [4.69, 9.17) is 0 Å². The summed E-state index contributed by atoms with van der Waals surface area (Å²) in [5, 5.41) is 11.0. The number of fused-ring (bicyclic) bond motifs is 2. The number of aliphatic hydroxyl groups excluding tert-OH is 1. The Morgan fingerprint density at radius 3 is 3.16 bits per heavy atom. The zero-order chi connectivity index (χ0) is 13.0. The third-order valence-electron chi connectivity index (χ3n) is 5.07. The minimum Gasteiger partial charge on any atom is -0.396 e. The van der Waals surface area contributed by atoms with Crippen LogP contribution in [0.3, 0.4) is 0 Å². The Bertz CT molecular complexity index is 618. The largest absolute Gasteiger partial charge is 0.396 e. The average Bonchev–Trinajstić information content (AvgIpc) is 2.85. The summed E-state index contributed by atoms with van der Waals surface area (Å²) in [5.41, 5.74) is 4.20. The second kappa shape index (κ2) is 4.09. The van der Waals surface area contributed by atoms with Crippen LogP contribution in [0.15, 0.2) is 24.4 Å². The Labute approximate surface area is 113 Å². The van der Waals surface area contributed by atoms with E-state index in [-0.39, 0.29) is 0 Å². The highest BCUT2D eigenvalue weighted by atomic mass is 16.3. The molecule has 1 fully saturated rings. The number of likely N-dealkylation sites (tertiary alicyclic amines) is 1. The van der Waals surface area contributed by atoms with Gasteiger partial charge < -0.3 is 15.0 Å². The number of benzene rings is 1. The van der Waals surface area contributed by atoms with Crippen LogP contribution in [0.4, 0.5) is 0 Å². The van der Waals surface area contributed by atoms with Crippen molar-refractivity contribution in [2.45, 2.75) is 24.8 Å². The van der Waals surface area contributed by atoms with E-state index < -0.39 is 0 Å². The number of hydrogen-bond donors (Lipinski definition) is 2. The zero-order valence-electron chi connectivity index (χ0n) is 11.3. The lowest BCUT2D eigenvalue weighted by Crippen LogP contribution is -2.48. The summed E-state index contributed by atoms with van der Waals surface area (Å²) >= 11 is 0. The van der Waals surface area contributed by atoms with Gasteiger partial charge in [0.05, 0.1) is 0 Å². The van der Waals surface area contributed by atoms with Gasteiger partial charge in [0.2, 0.25) is 0 Å². The molecule has 1 aromatic heterocycles. The van der Waals surface area contributed by atoms with Crippen molar-refractivity contribution in [3.05, 3.63) is 35.5 Å². The molecule has 2 N–H and O–H groups in total. The summed E-state index contributed by atoms with van der Waals surface area (Å²) < 4.78 is 0. The van der Waals surface area contributed by atoms with E-state index in [1.165, 1.54) is 22.0 Å². The molecule has 0 saturated carbocycles. The third kappa shape index (κ3) is 1.58. The Morgan fingerprint density at radius 1 is 1.42 bits per heavy atom. The summed E-state index contributed by atoms with van der Waals surface area (Å²) in [6.07, 6.45) is 4.43. The molecule has 0 bridgehead atoms. The minimum absolute atomic E-state index is 0.309. The number of likely N-dealkylation sites (N-methyl/N-ethyl adjacent to an activating group) is 1. The number of nitrogens with zero attached hydrogens (tertiary/aromatic N) is 1. The quantitative estimate of drug-likeness (QED) is 0.820. The van der Waals surface area contributed by atoms with Gasteiger partial charge in [0.25, 0.3) is 0 Å². The van der Waals surface area contributed by atoms with Crippen LogP contribution < -0.4 is 0 Å². The maximum atomic E-state index is 9.52. The lowest BCUT2D eigenvalue weighted by molar-refractivity contribution is 0.0772. The van der Waals surface area contributed by atoms with Crippen LogP contribution >= 0.6 is 0 Å². The number of nitrogens with one attached hydrogen (secondary N) is 1. The molecule has 3 atom stereocenters. The molecule has 4 rings (SSSR count). The van der Waals surface area contributed by atoms with Crippen molar-refractivity contribution in [2.24, 2.45) is 5.92 Å². The minimum atomic E-state index is 0.309.